The lowest BCUT2D eigenvalue weighted by atomic mass is 9.85. The van der Waals surface area contributed by atoms with Crippen molar-refractivity contribution in [2.45, 2.75) is 256 Å². The largest absolute Gasteiger partial charge is 0.472 e. The Morgan fingerprint density at radius 1 is 0.484 bits per heavy atom. The number of unbranched alkanes of at least 4 members (excludes halogenated alkanes) is 24. The first-order valence-electron chi connectivity index (χ1n) is 24.5. The summed E-state index contributed by atoms with van der Waals surface area (Å²) in [5.41, 5.74) is 0. The van der Waals surface area contributed by atoms with Gasteiger partial charge in [0.05, 0.1) is 19.6 Å². The van der Waals surface area contributed by atoms with Gasteiger partial charge in [0.25, 0.3) is 0 Å². The number of rotatable bonds is 42. The minimum atomic E-state index is -5.37. The molecule has 64 heavy (non-hydrogen) atoms. The highest BCUT2D eigenvalue weighted by Crippen LogP contribution is 2.49. The van der Waals surface area contributed by atoms with Crippen LogP contribution < -0.4 is 0 Å². The van der Waals surface area contributed by atoms with Crippen LogP contribution in [0.5, 0.6) is 0 Å². The number of aliphatic hydroxyl groups excluding tert-OH is 4. The fraction of sp³-hybridized carbons (Fsp3) is 0.933. The summed E-state index contributed by atoms with van der Waals surface area (Å²) in [5, 5.41) is 41.2. The van der Waals surface area contributed by atoms with Crippen LogP contribution in [0.2, 0.25) is 0 Å². The number of hydrogen-bond donors (Lipinski definition) is 7. The second kappa shape index (κ2) is 36.7. The monoisotopic (exact) mass is 961 g/mol. The fourth-order valence-corrected chi connectivity index (χ4v) is 9.36. The molecule has 0 heterocycles. The summed E-state index contributed by atoms with van der Waals surface area (Å²) in [6.07, 6.45) is 15.5. The van der Waals surface area contributed by atoms with Crippen LogP contribution in [0.4, 0.5) is 0 Å². The summed E-state index contributed by atoms with van der Waals surface area (Å²) >= 11 is 0. The van der Waals surface area contributed by atoms with Gasteiger partial charge in [0.1, 0.15) is 48.5 Å². The van der Waals surface area contributed by atoms with Gasteiger partial charge in [0, 0.05) is 19.3 Å². The molecule has 0 bridgehead atoms. The molecule has 1 aliphatic carbocycles. The molecule has 1 rings (SSSR count). The molecule has 1 saturated carbocycles. The van der Waals surface area contributed by atoms with Gasteiger partial charge in [-0.25, -0.2) is 9.13 Å². The number of Topliss-reactive ketones (excluding diaryl/α,β-unsaturated/α-hetero) is 1. The number of carbonyl (C=O) groups is 3. The van der Waals surface area contributed by atoms with Crippen molar-refractivity contribution in [3.8, 4) is 0 Å². The van der Waals surface area contributed by atoms with Gasteiger partial charge >= 0.3 is 27.6 Å². The van der Waals surface area contributed by atoms with Crippen LogP contribution in [0.3, 0.4) is 0 Å². The molecule has 0 amide bonds. The number of hydrogen-bond acceptors (Lipinski definition) is 14. The molecule has 0 saturated heterocycles. The fourth-order valence-electron chi connectivity index (χ4n) is 7.82. The third kappa shape index (κ3) is 30.9. The van der Waals surface area contributed by atoms with E-state index in [4.69, 9.17) is 18.5 Å². The van der Waals surface area contributed by atoms with Crippen LogP contribution >= 0.6 is 15.6 Å². The lowest BCUT2D eigenvalue weighted by molar-refractivity contribution is -0.216. The lowest BCUT2D eigenvalue weighted by Gasteiger charge is -2.43. The van der Waals surface area contributed by atoms with Crippen molar-refractivity contribution in [1.29, 1.82) is 0 Å². The highest BCUT2D eigenvalue weighted by molar-refractivity contribution is 7.47. The van der Waals surface area contributed by atoms with E-state index in [1.807, 2.05) is 6.92 Å². The van der Waals surface area contributed by atoms with Crippen molar-refractivity contribution < 1.29 is 81.7 Å². The van der Waals surface area contributed by atoms with Crippen LogP contribution in [-0.2, 0) is 46.6 Å². The molecule has 7 N–H and O–H groups in total. The second-order valence-electron chi connectivity index (χ2n) is 17.5. The highest BCUT2D eigenvalue weighted by atomic mass is 31.2. The molecule has 8 atom stereocenters. The Bertz CT molecular complexity index is 1320. The van der Waals surface area contributed by atoms with Crippen LogP contribution in [0, 0.1) is 0 Å². The summed E-state index contributed by atoms with van der Waals surface area (Å²) in [6, 6.07) is 0. The van der Waals surface area contributed by atoms with Gasteiger partial charge in [-0.05, 0) is 25.7 Å². The van der Waals surface area contributed by atoms with Crippen molar-refractivity contribution in [3.05, 3.63) is 0 Å². The Kier molecular flexibility index (Phi) is 34.8. The van der Waals surface area contributed by atoms with Crippen molar-refractivity contribution in [2.75, 3.05) is 13.2 Å². The van der Waals surface area contributed by atoms with Crippen LogP contribution in [-0.4, -0.2) is 109 Å². The predicted molar refractivity (Wildman–Crippen MR) is 242 cm³/mol. The van der Waals surface area contributed by atoms with Crippen molar-refractivity contribution >= 4 is 33.4 Å². The Labute approximate surface area is 383 Å². The first-order valence-corrected chi connectivity index (χ1v) is 27.5. The van der Waals surface area contributed by atoms with E-state index in [0.717, 1.165) is 70.6 Å². The Morgan fingerprint density at radius 2 is 0.906 bits per heavy atom. The Hall–Kier alpha value is -1.33. The zero-order chi connectivity index (χ0) is 47.6. The van der Waals surface area contributed by atoms with Gasteiger partial charge in [0.2, 0.25) is 0 Å². The number of ketones is 1. The van der Waals surface area contributed by atoms with Crippen LogP contribution in [0.1, 0.15) is 213 Å². The first-order chi connectivity index (χ1) is 30.5. The van der Waals surface area contributed by atoms with E-state index < -0.39 is 83.3 Å². The Morgan fingerprint density at radius 3 is 1.36 bits per heavy atom. The summed E-state index contributed by atoms with van der Waals surface area (Å²) in [7, 11) is -10.7. The molecule has 0 aliphatic heterocycles. The Balaban J connectivity index is 2.54. The summed E-state index contributed by atoms with van der Waals surface area (Å²) in [6.45, 7) is 3.51. The number of esters is 2. The molecular weight excluding hydrogens is 874 g/mol. The van der Waals surface area contributed by atoms with Gasteiger partial charge in [-0.2, -0.15) is 0 Å². The molecule has 378 valence electrons. The second-order valence-corrected chi connectivity index (χ2v) is 20.1. The normalized spacial score (nSPS) is 21.6. The summed E-state index contributed by atoms with van der Waals surface area (Å²) < 4.78 is 49.4. The molecule has 17 nitrogen and oxygen atoms in total. The molecule has 0 spiro atoms. The molecule has 0 radical (unpaired) electrons. The number of ether oxygens (including phenoxy) is 2. The number of phosphoric ester groups is 2. The first kappa shape index (κ1) is 60.7. The van der Waals surface area contributed by atoms with Crippen LogP contribution in [0.15, 0.2) is 0 Å². The van der Waals surface area contributed by atoms with Gasteiger partial charge in [-0.15, -0.1) is 0 Å². The maximum absolute atomic E-state index is 13.0. The van der Waals surface area contributed by atoms with Crippen molar-refractivity contribution in [2.24, 2.45) is 0 Å². The molecule has 0 aromatic carbocycles. The number of carbonyl (C=O) groups excluding carboxylic acids is 3. The number of aliphatic hydroxyl groups is 4. The maximum atomic E-state index is 13.0. The van der Waals surface area contributed by atoms with E-state index >= 15 is 0 Å². The summed E-state index contributed by atoms with van der Waals surface area (Å²) in [5.74, 6) is -1.03. The molecule has 1 aliphatic rings. The average Bonchev–Trinajstić information content (AvgIpc) is 3.23. The van der Waals surface area contributed by atoms with Crippen molar-refractivity contribution in [3.63, 3.8) is 0 Å². The molecular formula is C45H86O17P2. The SMILES string of the molecule is CCCCCCCCCCCCCCCC(=O)O[C@@H](COP(=O)(O)OC1C(O)[C@H](O)C(O)[C@H](OP(=O)(O)O)[C@@H]1O)CC(=O)OCCCCCCCCCCCCCCCC(=O)CCC. The van der Waals surface area contributed by atoms with E-state index in [1.54, 1.807) is 0 Å². The summed E-state index contributed by atoms with van der Waals surface area (Å²) in [4.78, 5) is 66.1. The minimum absolute atomic E-state index is 0.0293. The highest BCUT2D eigenvalue weighted by Gasteiger charge is 2.54. The third-order valence-electron chi connectivity index (χ3n) is 11.6. The van der Waals surface area contributed by atoms with E-state index in [9.17, 15) is 58.6 Å². The van der Waals surface area contributed by atoms with Crippen molar-refractivity contribution in [1.82, 2.24) is 0 Å². The molecule has 0 aromatic rings. The standard InChI is InChI=1S/C45H86O17P2/c1-3-5-6-7-8-9-10-12-16-19-22-25-28-32-38(47)60-37(35-59-64(56,57)62-45-42(51)40(49)41(50)44(43(45)52)61-63(53,54)55)34-39(48)58-33-29-26-23-20-17-14-11-13-15-18-21-24-27-31-36(46)30-4-2/h37,40-45,49-52H,3-35H2,1-2H3,(H,56,57)(H2,53,54,55)/t37-,40-,41?,42?,43+,44+,45?/m1/s1. The maximum Gasteiger partial charge on any atom is 0.472 e. The van der Waals surface area contributed by atoms with Gasteiger partial charge in [-0.1, -0.05) is 162 Å². The van der Waals surface area contributed by atoms with Gasteiger partial charge < -0.3 is 44.6 Å². The zero-order valence-corrected chi connectivity index (χ0v) is 40.8. The van der Waals surface area contributed by atoms with E-state index in [0.29, 0.717) is 31.5 Å². The molecule has 4 unspecified atom stereocenters. The predicted octanol–water partition coefficient (Wildman–Crippen LogP) is 8.58. The van der Waals surface area contributed by atoms with E-state index in [-0.39, 0.29) is 13.0 Å². The molecule has 19 heteroatoms. The zero-order valence-electron chi connectivity index (χ0n) is 39.0. The average molecular weight is 961 g/mol. The van der Waals surface area contributed by atoms with Gasteiger partial charge in [-0.3, -0.25) is 28.0 Å². The van der Waals surface area contributed by atoms with E-state index in [1.165, 1.54) is 89.9 Å². The smallest absolute Gasteiger partial charge is 0.466 e. The van der Waals surface area contributed by atoms with Crippen LogP contribution in [0.25, 0.3) is 0 Å². The molecule has 1 fully saturated rings. The number of phosphoric acid groups is 2. The third-order valence-corrected chi connectivity index (χ3v) is 13.1. The molecule has 0 aromatic heterocycles. The lowest BCUT2D eigenvalue weighted by Crippen LogP contribution is -2.64. The quantitative estimate of drug-likeness (QED) is 0.0171. The van der Waals surface area contributed by atoms with E-state index in [2.05, 4.69) is 11.4 Å². The topological polar surface area (TPSA) is 273 Å². The minimum Gasteiger partial charge on any atom is -0.466 e. The van der Waals surface area contributed by atoms with Gasteiger partial charge in [0.15, 0.2) is 0 Å².